The predicted molar refractivity (Wildman–Crippen MR) is 102 cm³/mol. The van der Waals surface area contributed by atoms with Crippen LogP contribution in [0.4, 0.5) is 22.0 Å². The van der Waals surface area contributed by atoms with Crippen molar-refractivity contribution < 1.29 is 31.5 Å². The summed E-state index contributed by atoms with van der Waals surface area (Å²) >= 11 is 2.09. The molecule has 1 unspecified atom stereocenters. The minimum absolute atomic E-state index is 0.0646. The minimum Gasteiger partial charge on any atom is -0.416 e. The van der Waals surface area contributed by atoms with Crippen LogP contribution in [0.2, 0.25) is 0 Å². The fourth-order valence-electron chi connectivity index (χ4n) is 4.09. The number of halogens is 6. The lowest BCUT2D eigenvalue weighted by atomic mass is 9.88. The highest BCUT2D eigenvalue weighted by Crippen LogP contribution is 2.64. The molecule has 2 fully saturated rings. The van der Waals surface area contributed by atoms with Crippen LogP contribution in [0, 0.1) is 38.1 Å². The quantitative estimate of drug-likeness (QED) is 0.153. The highest BCUT2D eigenvalue weighted by molar-refractivity contribution is 14.1. The van der Waals surface area contributed by atoms with Gasteiger partial charge in [0.1, 0.15) is 0 Å². The number of ether oxygens (including phenoxy) is 1. The molecule has 1 spiro atoms. The molecule has 0 aromatic heterocycles. The van der Waals surface area contributed by atoms with Gasteiger partial charge in [-0.3, -0.25) is 0 Å². The largest absolute Gasteiger partial charge is 0.416 e. The second-order valence-corrected chi connectivity index (χ2v) is 8.63. The fraction of sp³-hybridized carbons (Fsp3) is 0.350. The third-order valence-corrected chi connectivity index (χ3v) is 6.43. The van der Waals surface area contributed by atoms with Gasteiger partial charge in [-0.1, -0.05) is 0 Å². The first-order valence-electron chi connectivity index (χ1n) is 8.99. The number of nitrogens with one attached hydrogen (secondary N) is 1. The van der Waals surface area contributed by atoms with Crippen molar-refractivity contribution in [1.29, 1.82) is 0 Å². The van der Waals surface area contributed by atoms with Gasteiger partial charge in [0.15, 0.2) is 0 Å². The molecular weight excluding hydrogens is 508 g/mol. The Bertz CT molecular complexity index is 978. The van der Waals surface area contributed by atoms with E-state index in [0.29, 0.717) is 5.56 Å². The Morgan fingerprint density at radius 2 is 1.59 bits per heavy atom. The maximum Gasteiger partial charge on any atom is 0.344 e. The summed E-state index contributed by atoms with van der Waals surface area (Å²) in [6.07, 6.45) is 2.75. The van der Waals surface area contributed by atoms with Crippen LogP contribution in [0.15, 0.2) is 18.2 Å². The second kappa shape index (κ2) is 7.50. The lowest BCUT2D eigenvalue weighted by molar-refractivity contribution is 0.0714. The van der Waals surface area contributed by atoms with Crippen molar-refractivity contribution >= 4 is 28.6 Å². The number of carbonyl (C=O) groups is 1. The molecule has 1 saturated heterocycles. The summed E-state index contributed by atoms with van der Waals surface area (Å²) in [6.45, 7) is 1.73. The predicted octanol–water partition coefficient (Wildman–Crippen LogP) is 5.06. The highest BCUT2D eigenvalue weighted by atomic mass is 127. The summed E-state index contributed by atoms with van der Waals surface area (Å²) in [5.41, 5.74) is 0.803. The van der Waals surface area contributed by atoms with E-state index >= 15 is 0 Å². The van der Waals surface area contributed by atoms with Crippen molar-refractivity contribution in [3.63, 3.8) is 0 Å². The number of benzene rings is 2. The van der Waals surface area contributed by atoms with E-state index in [1.54, 1.807) is 12.1 Å². The van der Waals surface area contributed by atoms with E-state index in [0.717, 1.165) is 35.9 Å². The summed E-state index contributed by atoms with van der Waals surface area (Å²) in [7, 11) is 0. The molecule has 2 aromatic rings. The molecule has 0 bridgehead atoms. The maximum atomic E-state index is 13.9. The van der Waals surface area contributed by atoms with Gasteiger partial charge < -0.3 is 10.1 Å². The summed E-state index contributed by atoms with van der Waals surface area (Å²) < 4.78 is 73.3. The molecule has 2 aromatic carbocycles. The normalized spacial score (nSPS) is 20.0. The number of esters is 1. The average molecular weight is 523 g/mol. The average Bonchev–Trinajstić information content (AvgIpc) is 3.41. The van der Waals surface area contributed by atoms with Crippen molar-refractivity contribution in [2.45, 2.75) is 25.2 Å². The van der Waals surface area contributed by atoms with Crippen molar-refractivity contribution in [1.82, 2.24) is 5.32 Å². The zero-order chi connectivity index (χ0) is 20.9. The number of rotatable bonds is 3. The molecule has 4 rings (SSSR count). The number of hydrogen-bond donors (Lipinski definition) is 1. The van der Waals surface area contributed by atoms with E-state index in [9.17, 15) is 26.7 Å². The van der Waals surface area contributed by atoms with Crippen LogP contribution in [0.25, 0.3) is 0 Å². The number of piperidine rings is 1. The Kier molecular flexibility index (Phi) is 5.30. The Hall–Kier alpha value is -1.75. The van der Waals surface area contributed by atoms with E-state index in [-0.39, 0.29) is 16.9 Å². The van der Waals surface area contributed by atoms with Crippen molar-refractivity contribution in [3.05, 3.63) is 62.0 Å². The van der Waals surface area contributed by atoms with Gasteiger partial charge in [-0.15, -0.1) is 0 Å². The van der Waals surface area contributed by atoms with E-state index in [1.165, 1.54) is 6.07 Å². The van der Waals surface area contributed by atoms with E-state index in [1.807, 2.05) is 0 Å². The second-order valence-electron chi connectivity index (χ2n) is 7.39. The van der Waals surface area contributed by atoms with E-state index in [2.05, 4.69) is 32.6 Å². The molecule has 1 aliphatic carbocycles. The fourth-order valence-corrected chi connectivity index (χ4v) is 4.61. The van der Waals surface area contributed by atoms with Crippen LogP contribution < -0.4 is 10.1 Å². The van der Waals surface area contributed by atoms with Crippen LogP contribution in [0.5, 0.6) is 5.75 Å². The van der Waals surface area contributed by atoms with Gasteiger partial charge in [0.25, 0.3) is 0 Å². The molecule has 0 radical (unpaired) electrons. The van der Waals surface area contributed by atoms with Gasteiger partial charge in [-0.05, 0) is 90.0 Å². The number of hydrogen-bond acceptors (Lipinski definition) is 3. The zero-order valence-electron chi connectivity index (χ0n) is 14.9. The zero-order valence-corrected chi connectivity index (χ0v) is 17.1. The summed E-state index contributed by atoms with van der Waals surface area (Å²) in [4.78, 5) is 12.7. The molecule has 29 heavy (non-hydrogen) atoms. The first-order valence-corrected chi connectivity index (χ1v) is 10.1. The van der Waals surface area contributed by atoms with Crippen molar-refractivity contribution in [2.75, 3.05) is 13.1 Å². The molecule has 1 atom stereocenters. The minimum atomic E-state index is -2.31. The summed E-state index contributed by atoms with van der Waals surface area (Å²) in [5.74, 6) is -13.7. The van der Waals surface area contributed by atoms with Crippen LogP contribution in [0.1, 0.15) is 41.1 Å². The standard InChI is InChI=1S/C20H15F5INO2/c21-13-14(22)16(24)18(17(25)15(13)23)29-19(28)10-2-1-9(26)7-11(10)12-8-20(12)3-5-27-6-4-20/h1-2,7,12,27H,3-6,8H2. The first kappa shape index (κ1) is 20.5. The van der Waals surface area contributed by atoms with Gasteiger partial charge in [0.05, 0.1) is 5.56 Å². The van der Waals surface area contributed by atoms with Crippen LogP contribution in [-0.2, 0) is 0 Å². The molecule has 0 amide bonds. The molecule has 1 aliphatic heterocycles. The molecular formula is C20H15F5INO2. The van der Waals surface area contributed by atoms with Gasteiger partial charge in [-0.25, -0.2) is 18.0 Å². The SMILES string of the molecule is O=C(Oc1c(F)c(F)c(F)c(F)c1F)c1ccc(I)cc1C1CC12CCNCC2. The highest BCUT2D eigenvalue weighted by Gasteiger charge is 2.55. The lowest BCUT2D eigenvalue weighted by Crippen LogP contribution is -2.29. The van der Waals surface area contributed by atoms with Gasteiger partial charge in [0, 0.05) is 3.57 Å². The number of carbonyl (C=O) groups excluding carboxylic acids is 1. The van der Waals surface area contributed by atoms with Gasteiger partial charge >= 0.3 is 5.97 Å². The molecule has 3 nitrogen and oxygen atoms in total. The summed E-state index contributed by atoms with van der Waals surface area (Å²) in [6, 6.07) is 4.88. The Morgan fingerprint density at radius 1 is 1.00 bits per heavy atom. The molecule has 1 heterocycles. The smallest absolute Gasteiger partial charge is 0.344 e. The van der Waals surface area contributed by atoms with Crippen molar-refractivity contribution in [3.8, 4) is 5.75 Å². The Labute approximate surface area is 176 Å². The third kappa shape index (κ3) is 3.52. The van der Waals surface area contributed by atoms with Crippen molar-refractivity contribution in [2.24, 2.45) is 5.41 Å². The van der Waals surface area contributed by atoms with Gasteiger partial charge in [-0.2, -0.15) is 8.78 Å². The topological polar surface area (TPSA) is 38.3 Å². The molecule has 9 heteroatoms. The molecule has 2 aliphatic rings. The van der Waals surface area contributed by atoms with E-state index < -0.39 is 40.8 Å². The Balaban J connectivity index is 1.68. The Morgan fingerprint density at radius 3 is 2.21 bits per heavy atom. The molecule has 154 valence electrons. The first-order chi connectivity index (χ1) is 13.7. The van der Waals surface area contributed by atoms with Crippen LogP contribution in [-0.4, -0.2) is 19.1 Å². The monoisotopic (exact) mass is 523 g/mol. The van der Waals surface area contributed by atoms with Crippen LogP contribution >= 0.6 is 22.6 Å². The lowest BCUT2D eigenvalue weighted by Gasteiger charge is -2.24. The summed E-state index contributed by atoms with van der Waals surface area (Å²) in [5, 5.41) is 3.28. The molecule has 1 N–H and O–H groups in total. The molecule has 1 saturated carbocycles. The van der Waals surface area contributed by atoms with E-state index in [4.69, 9.17) is 0 Å². The third-order valence-electron chi connectivity index (χ3n) is 5.76. The maximum absolute atomic E-state index is 13.9. The van der Waals surface area contributed by atoms with Gasteiger partial charge in [0.2, 0.25) is 34.8 Å². The van der Waals surface area contributed by atoms with Crippen LogP contribution in [0.3, 0.4) is 0 Å².